The zero-order valence-corrected chi connectivity index (χ0v) is 26.5. The molecule has 3 atom stereocenters. The number of likely N-dealkylation sites (tertiary alicyclic amines) is 1. The van der Waals surface area contributed by atoms with Gasteiger partial charge in [-0.05, 0) is 31.7 Å². The van der Waals surface area contributed by atoms with E-state index in [-0.39, 0.29) is 28.9 Å². The van der Waals surface area contributed by atoms with Gasteiger partial charge in [-0.15, -0.1) is 0 Å². The van der Waals surface area contributed by atoms with Crippen LogP contribution in [0.2, 0.25) is 0 Å². The highest BCUT2D eigenvalue weighted by molar-refractivity contribution is 8.13. The van der Waals surface area contributed by atoms with Gasteiger partial charge in [0, 0.05) is 69.4 Å². The first kappa shape index (κ1) is 31.8. The van der Waals surface area contributed by atoms with Crippen molar-refractivity contribution in [2.24, 2.45) is 5.92 Å². The standard InChI is InChI=1S/C30H40N6O7S/c1-18(17-44-19(2)37)28(39)36-9-5-7-22(36)27(38)32-26-20-15-24(41-3)25(42-4)16-21(20)31-30(33-26)35-12-10-34(11-13-35)29(40)23-8-6-14-43-23/h15-16,18,22-23H,5-14,17H2,1-4H3,(H,31,32,33,38)/t18?,22-,23?/m0/s1. The molecular weight excluding hydrogens is 588 g/mol. The number of rotatable bonds is 9. The number of hydrogen-bond donors (Lipinski definition) is 1. The third-order valence-corrected chi connectivity index (χ3v) is 9.38. The van der Waals surface area contributed by atoms with E-state index in [9.17, 15) is 19.2 Å². The zero-order valence-electron chi connectivity index (χ0n) is 25.7. The summed E-state index contributed by atoms with van der Waals surface area (Å²) in [7, 11) is 3.07. The molecule has 0 aliphatic carbocycles. The Morgan fingerprint density at radius 2 is 1.75 bits per heavy atom. The van der Waals surface area contributed by atoms with Gasteiger partial charge in [0.2, 0.25) is 17.8 Å². The molecule has 0 bridgehead atoms. The van der Waals surface area contributed by atoms with Crippen LogP contribution in [0, 0.1) is 5.92 Å². The molecule has 0 spiro atoms. The molecule has 5 rings (SSSR count). The van der Waals surface area contributed by atoms with Crippen LogP contribution in [0.25, 0.3) is 10.9 Å². The summed E-state index contributed by atoms with van der Waals surface area (Å²) in [6, 6.07) is 2.81. The second-order valence-electron chi connectivity index (χ2n) is 11.3. The Morgan fingerprint density at radius 3 is 2.41 bits per heavy atom. The number of piperazine rings is 1. The molecule has 14 heteroatoms. The highest BCUT2D eigenvalue weighted by Crippen LogP contribution is 2.35. The Bertz CT molecular complexity index is 1410. The fourth-order valence-electron chi connectivity index (χ4n) is 5.88. The number of aromatic nitrogens is 2. The fourth-order valence-corrected chi connectivity index (χ4v) is 6.51. The van der Waals surface area contributed by atoms with Crippen LogP contribution in [-0.2, 0) is 23.9 Å². The van der Waals surface area contributed by atoms with Gasteiger partial charge in [-0.25, -0.2) is 4.98 Å². The van der Waals surface area contributed by atoms with Gasteiger partial charge in [0.05, 0.1) is 19.7 Å². The van der Waals surface area contributed by atoms with E-state index in [1.165, 1.54) is 14.0 Å². The van der Waals surface area contributed by atoms with Gasteiger partial charge in [-0.1, -0.05) is 18.7 Å². The fraction of sp³-hybridized carbons (Fsp3) is 0.600. The van der Waals surface area contributed by atoms with E-state index in [1.54, 1.807) is 31.1 Å². The van der Waals surface area contributed by atoms with E-state index in [2.05, 4.69) is 5.32 Å². The highest BCUT2D eigenvalue weighted by atomic mass is 32.2. The number of nitrogens with zero attached hydrogens (tertiary/aromatic N) is 5. The van der Waals surface area contributed by atoms with E-state index < -0.39 is 12.0 Å². The summed E-state index contributed by atoms with van der Waals surface area (Å²) in [5.74, 6) is 1.17. The van der Waals surface area contributed by atoms with Crippen LogP contribution in [0.15, 0.2) is 12.1 Å². The van der Waals surface area contributed by atoms with Gasteiger partial charge in [0.25, 0.3) is 5.91 Å². The van der Waals surface area contributed by atoms with Crippen molar-refractivity contribution >= 4 is 57.3 Å². The Hall–Kier alpha value is -3.65. The molecule has 13 nitrogen and oxygen atoms in total. The average molecular weight is 629 g/mol. The summed E-state index contributed by atoms with van der Waals surface area (Å²) >= 11 is 1.11. The summed E-state index contributed by atoms with van der Waals surface area (Å²) in [5.41, 5.74) is 0.551. The minimum Gasteiger partial charge on any atom is -0.493 e. The molecule has 2 aromatic rings. The van der Waals surface area contributed by atoms with Crippen LogP contribution in [0.5, 0.6) is 11.5 Å². The number of carbonyl (C=O) groups excluding carboxylic acids is 4. The number of nitrogens with one attached hydrogen (secondary N) is 1. The normalized spacial score (nSPS) is 21.0. The molecule has 0 radical (unpaired) electrons. The molecule has 2 unspecified atom stereocenters. The summed E-state index contributed by atoms with van der Waals surface area (Å²) < 4.78 is 16.6. The van der Waals surface area contributed by atoms with Gasteiger partial charge < -0.3 is 34.2 Å². The first-order valence-corrected chi connectivity index (χ1v) is 16.0. The summed E-state index contributed by atoms with van der Waals surface area (Å²) in [6.07, 6.45) is 2.51. The van der Waals surface area contributed by atoms with E-state index >= 15 is 0 Å². The lowest BCUT2D eigenvalue weighted by Gasteiger charge is -2.36. The molecule has 3 amide bonds. The Labute approximate surface area is 261 Å². The Balaban J connectivity index is 1.38. The van der Waals surface area contributed by atoms with E-state index in [4.69, 9.17) is 24.2 Å². The predicted molar refractivity (Wildman–Crippen MR) is 166 cm³/mol. The van der Waals surface area contributed by atoms with Crippen molar-refractivity contribution in [2.75, 3.05) is 69.5 Å². The number of carbonyl (C=O) groups is 4. The number of anilines is 2. The molecule has 44 heavy (non-hydrogen) atoms. The first-order valence-electron chi connectivity index (χ1n) is 15.0. The monoisotopic (exact) mass is 628 g/mol. The van der Waals surface area contributed by atoms with Gasteiger partial charge in [0.15, 0.2) is 16.6 Å². The summed E-state index contributed by atoms with van der Waals surface area (Å²) in [6.45, 7) is 6.40. The van der Waals surface area contributed by atoms with Gasteiger partial charge in [-0.2, -0.15) is 4.98 Å². The van der Waals surface area contributed by atoms with Crippen molar-refractivity contribution in [3.05, 3.63) is 12.1 Å². The van der Waals surface area contributed by atoms with Crippen LogP contribution in [0.1, 0.15) is 39.5 Å². The topological polar surface area (TPSA) is 144 Å². The third-order valence-electron chi connectivity index (χ3n) is 8.31. The quantitative estimate of drug-likeness (QED) is 0.437. The van der Waals surface area contributed by atoms with Crippen LogP contribution in [-0.4, -0.2) is 114 Å². The van der Waals surface area contributed by atoms with Gasteiger partial charge in [0.1, 0.15) is 18.0 Å². The minimum absolute atomic E-state index is 0.0243. The smallest absolute Gasteiger partial charge is 0.251 e. The molecule has 3 aliphatic rings. The lowest BCUT2D eigenvalue weighted by Crippen LogP contribution is -2.51. The number of benzene rings is 1. The lowest BCUT2D eigenvalue weighted by atomic mass is 10.1. The second kappa shape index (κ2) is 14.0. The largest absolute Gasteiger partial charge is 0.493 e. The van der Waals surface area contributed by atoms with Gasteiger partial charge in [-0.3, -0.25) is 19.2 Å². The Kier molecular flexibility index (Phi) is 10.1. The van der Waals surface area contributed by atoms with Crippen molar-refractivity contribution in [2.45, 2.75) is 51.7 Å². The maximum Gasteiger partial charge on any atom is 0.251 e. The van der Waals surface area contributed by atoms with Crippen molar-refractivity contribution in [1.82, 2.24) is 19.8 Å². The predicted octanol–water partition coefficient (Wildman–Crippen LogP) is 2.32. The number of ether oxygens (including phenoxy) is 3. The minimum atomic E-state index is -0.659. The first-order chi connectivity index (χ1) is 21.2. The Morgan fingerprint density at radius 1 is 1.02 bits per heavy atom. The molecule has 3 saturated heterocycles. The number of amides is 3. The number of methoxy groups -OCH3 is 2. The molecule has 0 saturated carbocycles. The van der Waals surface area contributed by atoms with Crippen LogP contribution in [0.4, 0.5) is 11.8 Å². The highest BCUT2D eigenvalue weighted by Gasteiger charge is 2.37. The lowest BCUT2D eigenvalue weighted by molar-refractivity contribution is -0.141. The molecule has 3 aliphatic heterocycles. The molecule has 1 aromatic heterocycles. The number of thioether (sulfide) groups is 1. The molecule has 1 aromatic carbocycles. The van der Waals surface area contributed by atoms with E-state index in [0.717, 1.165) is 24.6 Å². The molecule has 4 heterocycles. The summed E-state index contributed by atoms with van der Waals surface area (Å²) in [5, 5.41) is 3.50. The van der Waals surface area contributed by atoms with E-state index in [1.807, 2.05) is 9.80 Å². The summed E-state index contributed by atoms with van der Waals surface area (Å²) in [4.78, 5) is 66.3. The van der Waals surface area contributed by atoms with Crippen LogP contribution >= 0.6 is 11.8 Å². The maximum absolute atomic E-state index is 13.7. The molecule has 3 fully saturated rings. The molecule has 238 valence electrons. The number of hydrogen-bond acceptors (Lipinski definition) is 11. The van der Waals surface area contributed by atoms with Crippen molar-refractivity contribution in [3.63, 3.8) is 0 Å². The van der Waals surface area contributed by atoms with Crippen molar-refractivity contribution in [1.29, 1.82) is 0 Å². The molecular formula is C30H40N6O7S. The number of fused-ring (bicyclic) bond motifs is 1. The SMILES string of the molecule is COc1cc2nc(N3CCN(C(=O)C4CCCO4)CC3)nc(NC(=O)[C@@H]3CCCN3C(=O)C(C)CSC(C)=O)c2cc1OC. The van der Waals surface area contributed by atoms with Crippen LogP contribution < -0.4 is 19.7 Å². The maximum atomic E-state index is 13.7. The van der Waals surface area contributed by atoms with Crippen molar-refractivity contribution in [3.8, 4) is 11.5 Å². The van der Waals surface area contributed by atoms with Gasteiger partial charge >= 0.3 is 0 Å². The molecule has 1 N–H and O–H groups in total. The third kappa shape index (κ3) is 6.85. The second-order valence-corrected chi connectivity index (χ2v) is 12.5. The van der Waals surface area contributed by atoms with E-state index in [0.29, 0.717) is 92.1 Å². The van der Waals surface area contributed by atoms with Crippen molar-refractivity contribution < 1.29 is 33.4 Å². The zero-order chi connectivity index (χ0) is 31.4. The van der Waals surface area contributed by atoms with Crippen LogP contribution in [0.3, 0.4) is 0 Å². The average Bonchev–Trinajstić information content (AvgIpc) is 3.75.